The van der Waals surface area contributed by atoms with Crippen molar-refractivity contribution < 1.29 is 28.6 Å². The Morgan fingerprint density at radius 1 is 0.333 bits per heavy atom. The molecule has 0 aromatic carbocycles. The SMILES string of the molecule is CC/C=C\C/C=C\C/C=C\C/C=C\C/C=C\CCCC(=O)OC(COC(=O)CCCCCCC/C=C\CCCCCCCC)COC(=O)CCCCCCCCCCCCCCC. The molecule has 0 amide bonds. The van der Waals surface area contributed by atoms with E-state index in [1.807, 2.05) is 0 Å². The van der Waals surface area contributed by atoms with Gasteiger partial charge in [-0.2, -0.15) is 0 Å². The van der Waals surface area contributed by atoms with E-state index in [0.717, 1.165) is 83.5 Å². The van der Waals surface area contributed by atoms with E-state index >= 15 is 0 Å². The van der Waals surface area contributed by atoms with E-state index in [-0.39, 0.29) is 37.5 Å². The first-order valence-electron chi connectivity index (χ1n) is 26.4. The van der Waals surface area contributed by atoms with Crippen molar-refractivity contribution in [2.24, 2.45) is 0 Å². The summed E-state index contributed by atoms with van der Waals surface area (Å²) >= 11 is 0. The monoisotopic (exact) mass is 879 g/mol. The maximum absolute atomic E-state index is 12.8. The van der Waals surface area contributed by atoms with Gasteiger partial charge in [0.2, 0.25) is 0 Å². The van der Waals surface area contributed by atoms with E-state index in [0.29, 0.717) is 19.3 Å². The van der Waals surface area contributed by atoms with Crippen LogP contribution in [0.25, 0.3) is 0 Å². The Morgan fingerprint density at radius 2 is 0.635 bits per heavy atom. The van der Waals surface area contributed by atoms with Crippen molar-refractivity contribution in [3.8, 4) is 0 Å². The Kier molecular flexibility index (Phi) is 48.9. The van der Waals surface area contributed by atoms with E-state index < -0.39 is 6.10 Å². The average Bonchev–Trinajstić information content (AvgIpc) is 3.28. The van der Waals surface area contributed by atoms with Gasteiger partial charge in [0, 0.05) is 19.3 Å². The quantitative estimate of drug-likeness (QED) is 0.0262. The Morgan fingerprint density at radius 3 is 1.03 bits per heavy atom. The molecule has 0 N–H and O–H groups in total. The molecule has 0 spiro atoms. The minimum absolute atomic E-state index is 0.0987. The van der Waals surface area contributed by atoms with Crippen LogP contribution in [-0.4, -0.2) is 37.2 Å². The summed E-state index contributed by atoms with van der Waals surface area (Å²) in [5, 5.41) is 0. The lowest BCUT2D eigenvalue weighted by Gasteiger charge is -2.18. The third-order valence-electron chi connectivity index (χ3n) is 11.2. The van der Waals surface area contributed by atoms with E-state index in [1.54, 1.807) is 0 Å². The lowest BCUT2D eigenvalue weighted by atomic mass is 10.0. The molecule has 0 aliphatic heterocycles. The zero-order valence-corrected chi connectivity index (χ0v) is 41.3. The standard InChI is InChI=1S/C57H98O6/c1-4-7-10-13-16-19-22-25-27-28-30-33-36-39-42-45-48-51-57(60)63-54(52-61-55(58)49-46-43-40-37-34-31-24-21-18-15-12-9-6-3)53-62-56(59)50-47-44-41-38-35-32-29-26-23-20-17-14-11-8-5-2/h7,10,16,19,25-27,29-30,33,39,42,54H,4-6,8-9,11-15,17-18,20-24,28,31-32,34-38,40-41,43-53H2,1-3H3/b10-7-,19-16-,27-25-,29-26-,33-30-,42-39-. The van der Waals surface area contributed by atoms with Crippen molar-refractivity contribution in [3.05, 3.63) is 72.9 Å². The highest BCUT2D eigenvalue weighted by Gasteiger charge is 2.19. The smallest absolute Gasteiger partial charge is 0.306 e. The van der Waals surface area contributed by atoms with Crippen LogP contribution >= 0.6 is 0 Å². The van der Waals surface area contributed by atoms with Gasteiger partial charge in [-0.15, -0.1) is 0 Å². The van der Waals surface area contributed by atoms with Gasteiger partial charge in [-0.25, -0.2) is 0 Å². The van der Waals surface area contributed by atoms with Gasteiger partial charge in [-0.1, -0.05) is 222 Å². The molecule has 0 fully saturated rings. The molecule has 0 radical (unpaired) electrons. The highest BCUT2D eigenvalue weighted by Crippen LogP contribution is 2.15. The molecule has 0 saturated carbocycles. The molecule has 0 saturated heterocycles. The summed E-state index contributed by atoms with van der Waals surface area (Å²) in [6.45, 7) is 6.47. The van der Waals surface area contributed by atoms with Gasteiger partial charge in [-0.3, -0.25) is 14.4 Å². The minimum Gasteiger partial charge on any atom is -0.462 e. The molecule has 0 aliphatic rings. The Balaban J connectivity index is 4.48. The molecule has 0 aromatic heterocycles. The van der Waals surface area contributed by atoms with Gasteiger partial charge in [0.15, 0.2) is 6.10 Å². The summed E-state index contributed by atoms with van der Waals surface area (Å²) < 4.78 is 16.8. The third-order valence-corrected chi connectivity index (χ3v) is 11.2. The third kappa shape index (κ3) is 49.7. The number of hydrogen-bond donors (Lipinski definition) is 0. The number of rotatable bonds is 47. The molecule has 1 unspecified atom stereocenters. The number of carbonyl (C=O) groups excluding carboxylic acids is 3. The molecular weight excluding hydrogens is 781 g/mol. The van der Waals surface area contributed by atoms with Gasteiger partial charge >= 0.3 is 17.9 Å². The summed E-state index contributed by atoms with van der Waals surface area (Å²) in [4.78, 5) is 38.0. The molecule has 6 nitrogen and oxygen atoms in total. The van der Waals surface area contributed by atoms with Gasteiger partial charge in [0.05, 0.1) is 0 Å². The molecule has 1 atom stereocenters. The lowest BCUT2D eigenvalue weighted by Crippen LogP contribution is -2.30. The molecule has 0 heterocycles. The molecule has 6 heteroatoms. The van der Waals surface area contributed by atoms with E-state index in [2.05, 4.69) is 93.7 Å². The van der Waals surface area contributed by atoms with Crippen molar-refractivity contribution in [2.75, 3.05) is 13.2 Å². The minimum atomic E-state index is -0.806. The summed E-state index contributed by atoms with van der Waals surface area (Å²) in [7, 11) is 0. The van der Waals surface area contributed by atoms with Crippen molar-refractivity contribution >= 4 is 17.9 Å². The molecular formula is C57H98O6. The van der Waals surface area contributed by atoms with Crippen LogP contribution in [0.1, 0.15) is 252 Å². The van der Waals surface area contributed by atoms with Crippen LogP contribution in [0.2, 0.25) is 0 Å². The van der Waals surface area contributed by atoms with Gasteiger partial charge in [0.25, 0.3) is 0 Å². The largest absolute Gasteiger partial charge is 0.462 e. The average molecular weight is 879 g/mol. The van der Waals surface area contributed by atoms with Crippen molar-refractivity contribution in [1.29, 1.82) is 0 Å². The van der Waals surface area contributed by atoms with Crippen LogP contribution in [0.5, 0.6) is 0 Å². The van der Waals surface area contributed by atoms with Crippen molar-refractivity contribution in [1.82, 2.24) is 0 Å². The number of allylic oxidation sites excluding steroid dienone is 12. The van der Waals surface area contributed by atoms with Crippen LogP contribution in [0.3, 0.4) is 0 Å². The number of esters is 3. The van der Waals surface area contributed by atoms with Crippen LogP contribution in [-0.2, 0) is 28.6 Å². The van der Waals surface area contributed by atoms with Crippen molar-refractivity contribution in [2.45, 2.75) is 258 Å². The van der Waals surface area contributed by atoms with E-state index in [4.69, 9.17) is 14.2 Å². The predicted molar refractivity (Wildman–Crippen MR) is 270 cm³/mol. The van der Waals surface area contributed by atoms with Gasteiger partial charge in [-0.05, 0) is 83.5 Å². The normalized spacial score (nSPS) is 12.6. The molecule has 63 heavy (non-hydrogen) atoms. The summed E-state index contributed by atoms with van der Waals surface area (Å²) in [5.74, 6) is -0.962. The maximum atomic E-state index is 12.8. The second kappa shape index (κ2) is 51.5. The Hall–Kier alpha value is -3.15. The predicted octanol–water partition coefficient (Wildman–Crippen LogP) is 17.4. The fraction of sp³-hybridized carbons (Fsp3) is 0.737. The van der Waals surface area contributed by atoms with Crippen LogP contribution in [0.15, 0.2) is 72.9 Å². The lowest BCUT2D eigenvalue weighted by molar-refractivity contribution is -0.167. The first kappa shape index (κ1) is 59.9. The van der Waals surface area contributed by atoms with Crippen LogP contribution in [0.4, 0.5) is 0 Å². The maximum Gasteiger partial charge on any atom is 0.306 e. The topological polar surface area (TPSA) is 78.9 Å². The second-order valence-corrected chi connectivity index (χ2v) is 17.4. The highest BCUT2D eigenvalue weighted by atomic mass is 16.6. The summed E-state index contributed by atoms with van der Waals surface area (Å²) in [6, 6.07) is 0. The molecule has 0 bridgehead atoms. The van der Waals surface area contributed by atoms with Gasteiger partial charge < -0.3 is 14.2 Å². The zero-order chi connectivity index (χ0) is 45.8. The Labute approximate surface area is 389 Å². The summed E-state index contributed by atoms with van der Waals surface area (Å²) in [6.07, 6.45) is 64.6. The molecule has 0 aromatic rings. The zero-order valence-electron chi connectivity index (χ0n) is 41.3. The van der Waals surface area contributed by atoms with Crippen molar-refractivity contribution in [3.63, 3.8) is 0 Å². The summed E-state index contributed by atoms with van der Waals surface area (Å²) in [5.41, 5.74) is 0. The number of hydrogen-bond acceptors (Lipinski definition) is 6. The number of ether oxygens (including phenoxy) is 3. The van der Waals surface area contributed by atoms with E-state index in [9.17, 15) is 14.4 Å². The van der Waals surface area contributed by atoms with Crippen LogP contribution in [0, 0.1) is 0 Å². The van der Waals surface area contributed by atoms with E-state index in [1.165, 1.54) is 122 Å². The highest BCUT2D eigenvalue weighted by molar-refractivity contribution is 5.71. The molecule has 362 valence electrons. The number of carbonyl (C=O) groups is 3. The first-order chi connectivity index (χ1) is 31.0. The Bertz CT molecular complexity index is 1190. The molecule has 0 aliphatic carbocycles. The second-order valence-electron chi connectivity index (χ2n) is 17.4. The first-order valence-corrected chi connectivity index (χ1v) is 26.4. The molecule has 0 rings (SSSR count). The fourth-order valence-corrected chi connectivity index (χ4v) is 7.24. The fourth-order valence-electron chi connectivity index (χ4n) is 7.24. The number of unbranched alkanes of at least 4 members (excludes halogenated alkanes) is 24. The van der Waals surface area contributed by atoms with Crippen LogP contribution < -0.4 is 0 Å². The van der Waals surface area contributed by atoms with Gasteiger partial charge in [0.1, 0.15) is 13.2 Å².